The second kappa shape index (κ2) is 6.05. The highest BCUT2D eigenvalue weighted by Gasteiger charge is 2.29. The molecule has 1 heterocycles. The highest BCUT2D eigenvalue weighted by Crippen LogP contribution is 2.42. The highest BCUT2D eigenvalue weighted by molar-refractivity contribution is 6.30. The lowest BCUT2D eigenvalue weighted by molar-refractivity contribution is 0.249. The van der Waals surface area contributed by atoms with Gasteiger partial charge in [-0.15, -0.1) is 0 Å². The number of aryl methyl sites for hydroxylation is 1. The van der Waals surface area contributed by atoms with Crippen LogP contribution < -0.4 is 0 Å². The van der Waals surface area contributed by atoms with Crippen LogP contribution in [0.1, 0.15) is 48.9 Å². The normalized spacial score (nSPS) is 18.4. The van der Waals surface area contributed by atoms with E-state index in [1.807, 2.05) is 6.07 Å². The fourth-order valence-corrected chi connectivity index (χ4v) is 4.31. The van der Waals surface area contributed by atoms with Crippen molar-refractivity contribution in [3.63, 3.8) is 0 Å². The van der Waals surface area contributed by atoms with E-state index >= 15 is 0 Å². The van der Waals surface area contributed by atoms with Crippen LogP contribution in [0.25, 0.3) is 5.57 Å². The maximum absolute atomic E-state index is 6.18. The van der Waals surface area contributed by atoms with E-state index < -0.39 is 0 Å². The smallest absolute Gasteiger partial charge is 0.0511 e. The second-order valence-electron chi connectivity index (χ2n) is 6.61. The first kappa shape index (κ1) is 14.8. The lowest BCUT2D eigenvalue weighted by atomic mass is 9.83. The van der Waals surface area contributed by atoms with Crippen LogP contribution in [-0.4, -0.2) is 11.4 Å². The van der Waals surface area contributed by atoms with E-state index in [0.717, 1.165) is 24.4 Å². The predicted octanol–water partition coefficient (Wildman–Crippen LogP) is 5.85. The average molecular weight is 324 g/mol. The van der Waals surface area contributed by atoms with Gasteiger partial charge in [0.05, 0.1) is 6.04 Å². The van der Waals surface area contributed by atoms with Crippen LogP contribution in [0.4, 0.5) is 0 Å². The summed E-state index contributed by atoms with van der Waals surface area (Å²) in [6, 6.07) is 17.7. The van der Waals surface area contributed by atoms with E-state index in [4.69, 9.17) is 11.6 Å². The van der Waals surface area contributed by atoms with Crippen molar-refractivity contribution in [3.8, 4) is 0 Å². The molecule has 0 unspecified atom stereocenters. The molecule has 2 aromatic carbocycles. The Kier molecular flexibility index (Phi) is 3.90. The Morgan fingerprint density at radius 2 is 1.83 bits per heavy atom. The van der Waals surface area contributed by atoms with Crippen LogP contribution in [0.15, 0.2) is 54.2 Å². The number of benzene rings is 2. The van der Waals surface area contributed by atoms with E-state index in [2.05, 4.69) is 54.3 Å². The van der Waals surface area contributed by atoms with Crippen LogP contribution in [0.3, 0.4) is 0 Å². The Morgan fingerprint density at radius 1 is 1.00 bits per heavy atom. The number of fused-ring (bicyclic) bond motifs is 2. The van der Waals surface area contributed by atoms with E-state index in [1.54, 1.807) is 11.3 Å². The largest absolute Gasteiger partial charge is 0.368 e. The zero-order valence-electron chi connectivity index (χ0n) is 13.6. The van der Waals surface area contributed by atoms with E-state index in [9.17, 15) is 0 Å². The maximum atomic E-state index is 6.18. The molecule has 0 amide bonds. The Balaban J connectivity index is 1.74. The molecule has 1 aliphatic carbocycles. The Morgan fingerprint density at radius 3 is 2.65 bits per heavy atom. The molecule has 0 radical (unpaired) electrons. The number of allylic oxidation sites excluding steroid dienone is 2. The summed E-state index contributed by atoms with van der Waals surface area (Å²) in [5.41, 5.74) is 7.37. The molecule has 1 atom stereocenters. The van der Waals surface area contributed by atoms with Gasteiger partial charge in [-0.05, 0) is 67.0 Å². The van der Waals surface area contributed by atoms with Crippen molar-refractivity contribution in [3.05, 3.63) is 75.9 Å². The van der Waals surface area contributed by atoms with Gasteiger partial charge in [-0.3, -0.25) is 0 Å². The summed E-state index contributed by atoms with van der Waals surface area (Å²) in [5.74, 6) is 0. The Bertz CT molecular complexity index is 748. The topological polar surface area (TPSA) is 3.24 Å². The van der Waals surface area contributed by atoms with Crippen molar-refractivity contribution in [1.82, 2.24) is 4.90 Å². The van der Waals surface area contributed by atoms with Gasteiger partial charge in [0.15, 0.2) is 0 Å². The van der Waals surface area contributed by atoms with Crippen molar-refractivity contribution in [1.29, 1.82) is 0 Å². The molecular formula is C21H22ClN. The van der Waals surface area contributed by atoms with Gasteiger partial charge >= 0.3 is 0 Å². The van der Waals surface area contributed by atoms with Crippen molar-refractivity contribution in [2.75, 3.05) is 6.54 Å². The molecule has 2 aliphatic rings. The predicted molar refractivity (Wildman–Crippen MR) is 97.5 cm³/mol. The standard InChI is InChI=1S/C21H22ClN/c1-15(16-6-3-2-4-7-16)23-13-5-8-20-19-11-10-18(22)14-17(19)9-12-21(20)23/h2-4,6-7,10-11,14-15H,5,8-9,12-13H2,1H3/t15-/m0/s1. The van der Waals surface area contributed by atoms with E-state index in [-0.39, 0.29) is 0 Å². The van der Waals surface area contributed by atoms with Crippen molar-refractivity contribution in [2.45, 2.75) is 38.6 Å². The Labute approximate surface area is 143 Å². The molecule has 118 valence electrons. The van der Waals surface area contributed by atoms with Gasteiger partial charge in [0.2, 0.25) is 0 Å². The van der Waals surface area contributed by atoms with Gasteiger partial charge in [0, 0.05) is 17.3 Å². The quantitative estimate of drug-likeness (QED) is 0.669. The summed E-state index contributed by atoms with van der Waals surface area (Å²) >= 11 is 6.18. The highest BCUT2D eigenvalue weighted by atomic mass is 35.5. The first-order valence-corrected chi connectivity index (χ1v) is 8.94. The summed E-state index contributed by atoms with van der Waals surface area (Å²) in [7, 11) is 0. The molecule has 2 aromatic rings. The molecule has 0 fully saturated rings. The van der Waals surface area contributed by atoms with Crippen LogP contribution >= 0.6 is 11.6 Å². The first-order valence-electron chi connectivity index (χ1n) is 8.56. The van der Waals surface area contributed by atoms with E-state index in [1.165, 1.54) is 29.5 Å². The maximum Gasteiger partial charge on any atom is 0.0511 e. The lowest BCUT2D eigenvalue weighted by Crippen LogP contribution is -2.33. The fraction of sp³-hybridized carbons (Fsp3) is 0.333. The van der Waals surface area contributed by atoms with Crippen LogP contribution in [0.2, 0.25) is 5.02 Å². The zero-order valence-corrected chi connectivity index (χ0v) is 14.3. The number of hydrogen-bond acceptors (Lipinski definition) is 1. The SMILES string of the molecule is C[C@@H](c1ccccc1)N1CCCC2=C1CCc1cc(Cl)ccc12. The van der Waals surface area contributed by atoms with Gasteiger partial charge in [-0.25, -0.2) is 0 Å². The van der Waals surface area contributed by atoms with Crippen molar-refractivity contribution in [2.24, 2.45) is 0 Å². The van der Waals surface area contributed by atoms with Gasteiger partial charge in [0.25, 0.3) is 0 Å². The zero-order chi connectivity index (χ0) is 15.8. The third-order valence-electron chi connectivity index (χ3n) is 5.29. The average Bonchev–Trinajstić information content (AvgIpc) is 2.61. The lowest BCUT2D eigenvalue weighted by Gasteiger charge is -2.41. The Hall–Kier alpha value is -1.73. The summed E-state index contributed by atoms with van der Waals surface area (Å²) in [6.07, 6.45) is 4.67. The molecule has 0 saturated heterocycles. The minimum atomic E-state index is 0.440. The van der Waals surface area contributed by atoms with Crippen LogP contribution in [0, 0.1) is 0 Å². The van der Waals surface area contributed by atoms with Gasteiger partial charge < -0.3 is 4.90 Å². The first-order chi connectivity index (χ1) is 11.2. The molecule has 0 bridgehead atoms. The van der Waals surface area contributed by atoms with E-state index in [0.29, 0.717) is 6.04 Å². The molecule has 2 heteroatoms. The number of rotatable bonds is 2. The number of hydrogen-bond donors (Lipinski definition) is 0. The van der Waals surface area contributed by atoms with Crippen molar-refractivity contribution >= 4 is 17.2 Å². The van der Waals surface area contributed by atoms with Gasteiger partial charge in [-0.1, -0.05) is 48.0 Å². The fourth-order valence-electron chi connectivity index (χ4n) is 4.12. The summed E-state index contributed by atoms with van der Waals surface area (Å²) < 4.78 is 0. The summed E-state index contributed by atoms with van der Waals surface area (Å²) in [6.45, 7) is 3.50. The minimum Gasteiger partial charge on any atom is -0.368 e. The monoisotopic (exact) mass is 323 g/mol. The van der Waals surface area contributed by atoms with Crippen LogP contribution in [-0.2, 0) is 6.42 Å². The molecule has 1 nitrogen and oxygen atoms in total. The number of nitrogens with zero attached hydrogens (tertiary/aromatic N) is 1. The summed E-state index contributed by atoms with van der Waals surface area (Å²) in [4.78, 5) is 2.63. The molecule has 0 aromatic heterocycles. The third kappa shape index (κ3) is 2.68. The molecule has 1 aliphatic heterocycles. The van der Waals surface area contributed by atoms with Crippen molar-refractivity contribution < 1.29 is 0 Å². The summed E-state index contributed by atoms with van der Waals surface area (Å²) in [5, 5.41) is 0.859. The molecule has 4 rings (SSSR count). The molecule has 0 N–H and O–H groups in total. The van der Waals surface area contributed by atoms with Gasteiger partial charge in [0.1, 0.15) is 0 Å². The van der Waals surface area contributed by atoms with Gasteiger partial charge in [-0.2, -0.15) is 0 Å². The molecule has 23 heavy (non-hydrogen) atoms. The number of halogens is 1. The second-order valence-corrected chi connectivity index (χ2v) is 7.05. The minimum absolute atomic E-state index is 0.440. The molecular weight excluding hydrogens is 302 g/mol. The van der Waals surface area contributed by atoms with Crippen LogP contribution in [0.5, 0.6) is 0 Å². The third-order valence-corrected chi connectivity index (χ3v) is 5.53. The molecule has 0 saturated carbocycles. The molecule has 0 spiro atoms.